The van der Waals surface area contributed by atoms with Gasteiger partial charge in [0.25, 0.3) is 0 Å². The van der Waals surface area contributed by atoms with Gasteiger partial charge in [0.05, 0.1) is 18.0 Å². The minimum absolute atomic E-state index is 0.566. The fourth-order valence-corrected chi connectivity index (χ4v) is 2.83. The molecular formula is C21H17N3O. The van der Waals surface area contributed by atoms with E-state index >= 15 is 0 Å². The monoisotopic (exact) mass is 327 g/mol. The Bertz CT molecular complexity index is 1020. The van der Waals surface area contributed by atoms with Crippen LogP contribution in [0.1, 0.15) is 11.3 Å². The van der Waals surface area contributed by atoms with Crippen molar-refractivity contribution < 1.29 is 4.74 Å². The topological polar surface area (TPSA) is 47.9 Å². The van der Waals surface area contributed by atoms with Gasteiger partial charge in [-0.15, -0.1) is 0 Å². The average Bonchev–Trinajstić information content (AvgIpc) is 2.68. The van der Waals surface area contributed by atoms with Gasteiger partial charge in [0.1, 0.15) is 5.69 Å². The fraction of sp³-hybridized carbons (Fsp3) is 0.0952. The Labute approximate surface area is 146 Å². The van der Waals surface area contributed by atoms with Crippen molar-refractivity contribution >= 4 is 10.9 Å². The molecule has 0 unspecified atom stereocenters. The van der Waals surface area contributed by atoms with Crippen molar-refractivity contribution in [1.82, 2.24) is 15.0 Å². The lowest BCUT2D eigenvalue weighted by Gasteiger charge is -2.08. The van der Waals surface area contributed by atoms with Gasteiger partial charge < -0.3 is 4.74 Å². The first kappa shape index (κ1) is 15.3. The van der Waals surface area contributed by atoms with Gasteiger partial charge in [0, 0.05) is 12.1 Å². The number of hydrogen-bond donors (Lipinski definition) is 0. The summed E-state index contributed by atoms with van der Waals surface area (Å²) in [5, 5.41) is 0.897. The molecule has 4 heteroatoms. The zero-order valence-corrected chi connectivity index (χ0v) is 13.9. The second-order valence-electron chi connectivity index (χ2n) is 5.75. The van der Waals surface area contributed by atoms with Gasteiger partial charge in [-0.25, -0.2) is 9.97 Å². The molecule has 0 bridgehead atoms. The Morgan fingerprint density at radius 3 is 2.40 bits per heavy atom. The van der Waals surface area contributed by atoms with E-state index in [0.717, 1.165) is 28.7 Å². The van der Waals surface area contributed by atoms with Crippen LogP contribution in [0.2, 0.25) is 0 Å². The molecule has 4 rings (SSSR count). The maximum Gasteiger partial charge on any atom is 0.224 e. The van der Waals surface area contributed by atoms with E-state index < -0.39 is 0 Å². The zero-order chi connectivity index (χ0) is 17.1. The van der Waals surface area contributed by atoms with Crippen molar-refractivity contribution in [2.24, 2.45) is 0 Å². The highest BCUT2D eigenvalue weighted by atomic mass is 16.5. The lowest BCUT2D eigenvalue weighted by molar-refractivity contribution is 0.403. The molecule has 0 aliphatic heterocycles. The number of fused-ring (bicyclic) bond motifs is 1. The number of methoxy groups -OCH3 is 1. The molecule has 0 radical (unpaired) electrons. The Balaban J connectivity index is 1.75. The van der Waals surface area contributed by atoms with Crippen LogP contribution in [0.4, 0.5) is 0 Å². The van der Waals surface area contributed by atoms with Crippen LogP contribution in [0, 0.1) is 0 Å². The summed E-state index contributed by atoms with van der Waals surface area (Å²) in [5.74, 6) is 1.14. The molecule has 4 aromatic rings. The van der Waals surface area contributed by atoms with Crippen LogP contribution in [0.5, 0.6) is 5.88 Å². The van der Waals surface area contributed by atoms with Gasteiger partial charge in [-0.2, -0.15) is 4.98 Å². The molecule has 122 valence electrons. The van der Waals surface area contributed by atoms with Crippen LogP contribution in [0.15, 0.2) is 72.8 Å². The molecule has 4 nitrogen and oxygen atoms in total. The molecule has 0 saturated heterocycles. The molecule has 0 saturated carbocycles. The molecule has 2 aromatic heterocycles. The van der Waals surface area contributed by atoms with E-state index in [2.05, 4.69) is 22.1 Å². The fourth-order valence-electron chi connectivity index (χ4n) is 2.83. The van der Waals surface area contributed by atoms with Crippen LogP contribution < -0.4 is 4.74 Å². The summed E-state index contributed by atoms with van der Waals surface area (Å²) >= 11 is 0. The summed E-state index contributed by atoms with van der Waals surface area (Å²) in [5.41, 5.74) is 3.81. The van der Waals surface area contributed by atoms with E-state index in [4.69, 9.17) is 9.72 Å². The van der Waals surface area contributed by atoms with Crippen LogP contribution in [-0.4, -0.2) is 22.1 Å². The number of nitrogens with zero attached hydrogens (tertiary/aromatic N) is 3. The molecule has 0 atom stereocenters. The highest BCUT2D eigenvalue weighted by Gasteiger charge is 2.11. The SMILES string of the molecule is COc1nc(-c2cccc(Cc3ccccc3)n2)nc2ccccc12. The summed E-state index contributed by atoms with van der Waals surface area (Å²) in [4.78, 5) is 13.9. The van der Waals surface area contributed by atoms with E-state index in [0.29, 0.717) is 11.7 Å². The third-order valence-electron chi connectivity index (χ3n) is 4.03. The Morgan fingerprint density at radius 1 is 0.760 bits per heavy atom. The number of hydrogen-bond acceptors (Lipinski definition) is 4. The van der Waals surface area contributed by atoms with Crippen LogP contribution in [-0.2, 0) is 6.42 Å². The van der Waals surface area contributed by atoms with Crippen molar-refractivity contribution in [3.05, 3.63) is 84.1 Å². The van der Waals surface area contributed by atoms with Gasteiger partial charge in [-0.05, 0) is 29.8 Å². The molecule has 0 aliphatic carbocycles. The third kappa shape index (κ3) is 3.19. The lowest BCUT2D eigenvalue weighted by atomic mass is 10.1. The average molecular weight is 327 g/mol. The summed E-state index contributed by atoms with van der Waals surface area (Å²) in [6, 6.07) is 24.1. The van der Waals surface area contributed by atoms with Crippen molar-refractivity contribution in [2.75, 3.05) is 7.11 Å². The first-order chi connectivity index (χ1) is 12.3. The van der Waals surface area contributed by atoms with Gasteiger partial charge in [0.15, 0.2) is 5.82 Å². The standard InChI is InChI=1S/C21H17N3O/c1-25-21-17-11-5-6-12-18(17)23-20(24-21)19-13-7-10-16(22-19)14-15-8-3-2-4-9-15/h2-13H,14H2,1H3. The van der Waals surface area contributed by atoms with Crippen LogP contribution in [0.3, 0.4) is 0 Å². The maximum atomic E-state index is 5.44. The minimum Gasteiger partial charge on any atom is -0.480 e. The predicted molar refractivity (Wildman–Crippen MR) is 98.6 cm³/mol. The number of rotatable bonds is 4. The highest BCUT2D eigenvalue weighted by Crippen LogP contribution is 2.25. The Kier molecular flexibility index (Phi) is 4.09. The summed E-state index contributed by atoms with van der Waals surface area (Å²) in [6.45, 7) is 0. The van der Waals surface area contributed by atoms with Crippen molar-refractivity contribution in [3.8, 4) is 17.4 Å². The quantitative estimate of drug-likeness (QED) is 0.561. The molecular weight excluding hydrogens is 310 g/mol. The van der Waals surface area contributed by atoms with E-state index in [1.807, 2.05) is 60.7 Å². The number of para-hydroxylation sites is 1. The van der Waals surface area contributed by atoms with E-state index in [9.17, 15) is 0 Å². The van der Waals surface area contributed by atoms with Crippen molar-refractivity contribution in [3.63, 3.8) is 0 Å². The largest absolute Gasteiger partial charge is 0.480 e. The molecule has 2 aromatic carbocycles. The molecule has 0 spiro atoms. The zero-order valence-electron chi connectivity index (χ0n) is 13.9. The van der Waals surface area contributed by atoms with E-state index in [1.54, 1.807) is 7.11 Å². The van der Waals surface area contributed by atoms with Crippen molar-refractivity contribution in [1.29, 1.82) is 0 Å². The molecule has 0 fully saturated rings. The normalized spacial score (nSPS) is 10.8. The smallest absolute Gasteiger partial charge is 0.224 e. The number of aromatic nitrogens is 3. The van der Waals surface area contributed by atoms with Crippen molar-refractivity contribution in [2.45, 2.75) is 6.42 Å². The van der Waals surface area contributed by atoms with Gasteiger partial charge >= 0.3 is 0 Å². The predicted octanol–water partition coefficient (Wildman–Crippen LogP) is 4.29. The summed E-state index contributed by atoms with van der Waals surface area (Å²) < 4.78 is 5.44. The second kappa shape index (κ2) is 6.69. The second-order valence-corrected chi connectivity index (χ2v) is 5.75. The highest BCUT2D eigenvalue weighted by molar-refractivity contribution is 5.84. The van der Waals surface area contributed by atoms with Crippen LogP contribution in [0.25, 0.3) is 22.4 Å². The number of benzene rings is 2. The maximum absolute atomic E-state index is 5.44. The molecule has 0 aliphatic rings. The molecule has 0 N–H and O–H groups in total. The van der Waals surface area contributed by atoms with Gasteiger partial charge in [0.2, 0.25) is 5.88 Å². The number of pyridine rings is 1. The van der Waals surface area contributed by atoms with Gasteiger partial charge in [-0.3, -0.25) is 0 Å². The van der Waals surface area contributed by atoms with Gasteiger partial charge in [-0.1, -0.05) is 48.5 Å². The molecule has 2 heterocycles. The van der Waals surface area contributed by atoms with E-state index in [-0.39, 0.29) is 0 Å². The van der Waals surface area contributed by atoms with E-state index in [1.165, 1.54) is 5.56 Å². The first-order valence-corrected chi connectivity index (χ1v) is 8.14. The van der Waals surface area contributed by atoms with Crippen LogP contribution >= 0.6 is 0 Å². The summed E-state index contributed by atoms with van der Waals surface area (Å²) in [6.07, 6.45) is 0.777. The number of ether oxygens (including phenoxy) is 1. The molecule has 25 heavy (non-hydrogen) atoms. The minimum atomic E-state index is 0.566. The lowest BCUT2D eigenvalue weighted by Crippen LogP contribution is -1.99. The Hall–Kier alpha value is -3.27. The Morgan fingerprint density at radius 2 is 1.56 bits per heavy atom. The third-order valence-corrected chi connectivity index (χ3v) is 4.03. The first-order valence-electron chi connectivity index (χ1n) is 8.14. The molecule has 0 amide bonds. The summed E-state index contributed by atoms with van der Waals surface area (Å²) in [7, 11) is 1.62.